The van der Waals surface area contributed by atoms with Gasteiger partial charge in [-0.15, -0.1) is 0 Å². The number of nitrogens with one attached hydrogen (secondary N) is 3. The molecule has 4 N–H and O–H groups in total. The van der Waals surface area contributed by atoms with E-state index in [0.717, 1.165) is 31.8 Å². The van der Waals surface area contributed by atoms with Gasteiger partial charge in [0.15, 0.2) is 12.1 Å². The van der Waals surface area contributed by atoms with E-state index in [4.69, 9.17) is 4.74 Å². The number of benzene rings is 3. The number of nitrogens with zero attached hydrogens (tertiary/aromatic N) is 6. The molecule has 20 heteroatoms. The zero-order chi connectivity index (χ0) is 62.8. The van der Waals surface area contributed by atoms with E-state index in [2.05, 4.69) is 20.9 Å². The van der Waals surface area contributed by atoms with E-state index in [1.807, 2.05) is 81.4 Å². The van der Waals surface area contributed by atoms with Gasteiger partial charge in [0, 0.05) is 70.6 Å². The summed E-state index contributed by atoms with van der Waals surface area (Å²) in [6.45, 7) is 16.5. The minimum atomic E-state index is -1.97. The maximum atomic E-state index is 15.6. The predicted octanol–water partition coefficient (Wildman–Crippen LogP) is 5.31. The average Bonchev–Trinajstić information content (AvgIpc) is 4.24. The van der Waals surface area contributed by atoms with Crippen LogP contribution in [0, 0.1) is 17.8 Å². The minimum Gasteiger partial charge on any atom is -0.450 e. The molecule has 6 rings (SSSR count). The quantitative estimate of drug-likeness (QED) is 0.132. The number of rotatable bonds is 12. The molecule has 20 nitrogen and oxygen atoms in total. The van der Waals surface area contributed by atoms with Crippen LogP contribution in [0.4, 0.5) is 0 Å². The number of carbonyl (C=O) groups is 9. The Morgan fingerprint density at radius 1 is 0.624 bits per heavy atom. The molecule has 8 unspecified atom stereocenters. The lowest BCUT2D eigenvalue weighted by Gasteiger charge is -2.39. The molecule has 0 aliphatic carbocycles. The smallest absolute Gasteiger partial charge is 0.332 e. The summed E-state index contributed by atoms with van der Waals surface area (Å²) in [7, 11) is 5.56. The maximum absolute atomic E-state index is 15.6. The largest absolute Gasteiger partial charge is 0.450 e. The van der Waals surface area contributed by atoms with E-state index >= 15 is 9.59 Å². The van der Waals surface area contributed by atoms with Gasteiger partial charge in [-0.05, 0) is 94.0 Å². The summed E-state index contributed by atoms with van der Waals surface area (Å²) in [4.78, 5) is 144. The number of esters is 1. The lowest BCUT2D eigenvalue weighted by Crippen LogP contribution is -2.62. The summed E-state index contributed by atoms with van der Waals surface area (Å²) in [5.41, 5.74) is 1.83. The molecule has 8 amide bonds. The molecule has 11 atom stereocenters. The molecule has 0 spiro atoms. The highest BCUT2D eigenvalue weighted by molar-refractivity contribution is 5.99. The summed E-state index contributed by atoms with van der Waals surface area (Å²) < 4.78 is 6.03. The fraction of sp³-hybridized carbons (Fsp3) is 0.538. The van der Waals surface area contributed by atoms with Crippen LogP contribution in [0.2, 0.25) is 0 Å². The van der Waals surface area contributed by atoms with Crippen molar-refractivity contribution in [2.45, 2.75) is 174 Å². The third-order valence-corrected chi connectivity index (χ3v) is 17.1. The highest BCUT2D eigenvalue weighted by atomic mass is 16.6. The Balaban J connectivity index is 1.48. The molecule has 0 bridgehead atoms. The molecule has 4 aromatic rings. The number of aliphatic hydroxyl groups is 1. The van der Waals surface area contributed by atoms with Crippen molar-refractivity contribution < 1.29 is 53.0 Å². The third-order valence-electron chi connectivity index (χ3n) is 17.1. The van der Waals surface area contributed by atoms with Gasteiger partial charge >= 0.3 is 5.97 Å². The molecule has 0 radical (unpaired) electrons. The normalized spacial score (nSPS) is 25.3. The number of amides is 8. The first kappa shape index (κ1) is 66.4. The molecular weight excluding hydrogens is 1080 g/mol. The monoisotopic (exact) mass is 1170 g/mol. The molecule has 2 fully saturated rings. The Labute approximate surface area is 500 Å². The van der Waals surface area contributed by atoms with Gasteiger partial charge in [-0.2, -0.15) is 0 Å². The second-order valence-corrected chi connectivity index (χ2v) is 24.3. The predicted molar refractivity (Wildman–Crippen MR) is 324 cm³/mol. The lowest BCUT2D eigenvalue weighted by molar-refractivity contribution is -0.177. The van der Waals surface area contributed by atoms with Crippen LogP contribution in [0.1, 0.15) is 112 Å². The van der Waals surface area contributed by atoms with E-state index < -0.39 is 125 Å². The second kappa shape index (κ2) is 28.9. The van der Waals surface area contributed by atoms with Crippen molar-refractivity contribution in [2.75, 3.05) is 34.7 Å². The van der Waals surface area contributed by atoms with Crippen molar-refractivity contribution in [3.05, 3.63) is 102 Å². The number of hydrogen-bond donors (Lipinski definition) is 4. The number of likely N-dealkylation sites (N-methyl/N-ethyl adjacent to an activating group) is 4. The molecule has 460 valence electrons. The molecule has 85 heavy (non-hydrogen) atoms. The Morgan fingerprint density at radius 2 is 1.21 bits per heavy atom. The summed E-state index contributed by atoms with van der Waals surface area (Å²) in [6.07, 6.45) is 1.69. The number of ether oxygens (including phenoxy) is 1. The van der Waals surface area contributed by atoms with Crippen LogP contribution in [0.5, 0.6) is 0 Å². The molecule has 2 saturated heterocycles. The molecule has 3 aromatic carbocycles. The number of cyclic esters (lactones) is 1. The fourth-order valence-corrected chi connectivity index (χ4v) is 11.1. The number of fused-ring (bicyclic) bond motifs is 2. The Morgan fingerprint density at radius 3 is 1.84 bits per heavy atom. The van der Waals surface area contributed by atoms with E-state index in [-0.39, 0.29) is 38.1 Å². The van der Waals surface area contributed by atoms with Crippen LogP contribution in [0.25, 0.3) is 22.0 Å². The fourth-order valence-electron chi connectivity index (χ4n) is 11.1. The lowest BCUT2D eigenvalue weighted by atomic mass is 9.94. The Hall–Kier alpha value is -7.74. The SMILES string of the molecule is CCC(C)C1NC(=O)C2CCCN2C(=O)C(Cc2cccc(-c3cnc4ccccc4c3)c2)N(C)C(=O)C(Cc2ccccc2)NC(=O)[C@H](C)N(C)C(=O)C([C@H](C)CC)OC(=O)C(C(C)(C)O)N(C)C(=O)C(CC(C)C)NC(=O)[C@H](C)N(C)C1=O. The molecule has 0 saturated carbocycles. The maximum Gasteiger partial charge on any atom is 0.332 e. The van der Waals surface area contributed by atoms with Crippen LogP contribution in [-0.4, -0.2) is 183 Å². The average molecular weight is 1170 g/mol. The molecule has 1 aromatic heterocycles. The first-order valence-corrected chi connectivity index (χ1v) is 29.8. The van der Waals surface area contributed by atoms with Gasteiger partial charge in [0.2, 0.25) is 41.4 Å². The van der Waals surface area contributed by atoms with Gasteiger partial charge in [-0.25, -0.2) is 4.79 Å². The number of aromatic nitrogens is 1. The Bertz CT molecular complexity index is 3060. The third kappa shape index (κ3) is 16.0. The molecule has 2 aliphatic heterocycles. The van der Waals surface area contributed by atoms with E-state index in [1.54, 1.807) is 51.2 Å². The number of pyridine rings is 1. The van der Waals surface area contributed by atoms with Crippen molar-refractivity contribution in [3.8, 4) is 11.1 Å². The van der Waals surface area contributed by atoms with Crippen LogP contribution in [0.3, 0.4) is 0 Å². The van der Waals surface area contributed by atoms with Crippen LogP contribution >= 0.6 is 0 Å². The van der Waals surface area contributed by atoms with Gasteiger partial charge < -0.3 is 50.3 Å². The Kier molecular flexibility index (Phi) is 22.6. The van der Waals surface area contributed by atoms with Crippen molar-refractivity contribution in [1.29, 1.82) is 0 Å². The van der Waals surface area contributed by atoms with Crippen molar-refractivity contribution in [2.24, 2.45) is 17.8 Å². The standard InChI is InChI=1S/C65H89N9O11/c1-15-39(5)53-62(81)70(11)41(7)56(75)67-49(32-38(3)4)60(79)73(14)55(65(9,10)84)64(83)85-54(40(6)16-2)63(82)71(12)42(8)57(76)68-50(34-43-24-18-17-19-25-43)59(78)72(13)52(61(80)74-31-23-30-51(74)58(77)69-53)35-44-26-22-28-45(33-44)47-36-46-27-20-21-29-48(46)66-37-47/h17-22,24-29,33,36-42,49-55,84H,15-16,23,30-32,34-35H2,1-14H3,(H,67,75)(H,68,76)(H,69,77)/t39?,40-,41+,42+,49?,50?,51?,52?,53?,54?,55?/m1/s1. The molecule has 3 heterocycles. The highest BCUT2D eigenvalue weighted by Crippen LogP contribution is 2.29. The summed E-state index contributed by atoms with van der Waals surface area (Å²) in [5, 5.41) is 21.2. The van der Waals surface area contributed by atoms with Crippen LogP contribution in [-0.2, 0) is 60.7 Å². The zero-order valence-electron chi connectivity index (χ0n) is 52.0. The van der Waals surface area contributed by atoms with Gasteiger partial charge in [-0.3, -0.25) is 43.3 Å². The van der Waals surface area contributed by atoms with Crippen molar-refractivity contribution in [1.82, 2.24) is 45.4 Å². The van der Waals surface area contributed by atoms with Gasteiger partial charge in [-0.1, -0.05) is 121 Å². The summed E-state index contributed by atoms with van der Waals surface area (Å²) >= 11 is 0. The number of hydrogen-bond acceptors (Lipinski definition) is 12. The van der Waals surface area contributed by atoms with Crippen LogP contribution in [0.15, 0.2) is 91.1 Å². The van der Waals surface area contributed by atoms with Gasteiger partial charge in [0.05, 0.1) is 11.1 Å². The second-order valence-electron chi connectivity index (χ2n) is 24.3. The summed E-state index contributed by atoms with van der Waals surface area (Å²) in [5.74, 6) is -7.84. The summed E-state index contributed by atoms with van der Waals surface area (Å²) in [6, 6.07) is 16.0. The van der Waals surface area contributed by atoms with Gasteiger partial charge in [0.25, 0.3) is 5.91 Å². The van der Waals surface area contributed by atoms with Gasteiger partial charge in [0.1, 0.15) is 42.3 Å². The highest BCUT2D eigenvalue weighted by Gasteiger charge is 2.47. The van der Waals surface area contributed by atoms with E-state index in [0.29, 0.717) is 30.4 Å². The minimum absolute atomic E-state index is 0.0252. The number of para-hydroxylation sites is 1. The van der Waals surface area contributed by atoms with E-state index in [1.165, 1.54) is 70.6 Å². The first-order valence-electron chi connectivity index (χ1n) is 29.8. The molecule has 2 aliphatic rings. The topological polar surface area (TPSA) is 248 Å². The first-order chi connectivity index (χ1) is 40.1. The van der Waals surface area contributed by atoms with E-state index in [9.17, 15) is 38.7 Å². The number of carbonyl (C=O) groups excluding carboxylic acids is 9. The van der Waals surface area contributed by atoms with Crippen molar-refractivity contribution in [3.63, 3.8) is 0 Å². The molecular formula is C65H89N9O11. The van der Waals surface area contributed by atoms with Crippen LogP contribution < -0.4 is 16.0 Å². The van der Waals surface area contributed by atoms with Crippen molar-refractivity contribution >= 4 is 64.1 Å². The zero-order valence-corrected chi connectivity index (χ0v) is 52.0.